The molecule has 2 N–H and O–H groups in total. The van der Waals surface area contributed by atoms with Gasteiger partial charge in [-0.1, -0.05) is 17.7 Å². The number of hydrogen-bond acceptors (Lipinski definition) is 7. The van der Waals surface area contributed by atoms with Crippen LogP contribution in [0.2, 0.25) is 5.02 Å². The second kappa shape index (κ2) is 8.82. The van der Waals surface area contributed by atoms with Crippen molar-refractivity contribution in [2.24, 2.45) is 4.99 Å². The Labute approximate surface area is 212 Å². The van der Waals surface area contributed by atoms with Gasteiger partial charge in [0, 0.05) is 42.7 Å². The van der Waals surface area contributed by atoms with Gasteiger partial charge in [0.1, 0.15) is 11.3 Å². The standard InChI is InChI=1S/C24H23ClN6O4S/c1-26-11-14-3-6-19(27-12-14)31-22(28-20(32)13-36(2,34)35)21-18(30-31)10-24(29-23(21)33)8-7-15-9-16(25)4-5-17(15)24/h3-6,9,11-12H,7-8,10,13H2,1-2H3,(H,28,32)(H,29,33)/t24-/m0/s1. The second-order valence-electron chi connectivity index (χ2n) is 9.05. The molecule has 186 valence electrons. The molecule has 2 amide bonds. The third-order valence-corrected chi connectivity index (χ3v) is 7.35. The zero-order valence-corrected chi connectivity index (χ0v) is 21.2. The van der Waals surface area contributed by atoms with Crippen molar-refractivity contribution in [2.45, 2.75) is 24.8 Å². The number of carbonyl (C=O) groups excluding carboxylic acids is 2. The molecule has 10 nitrogen and oxygen atoms in total. The van der Waals surface area contributed by atoms with Gasteiger partial charge in [-0.05, 0) is 48.2 Å². The molecule has 1 spiro atoms. The zero-order chi connectivity index (χ0) is 25.7. The fraction of sp³-hybridized carbons (Fsp3) is 0.292. The number of sulfone groups is 1. The normalized spacial score (nSPS) is 18.8. The van der Waals surface area contributed by atoms with E-state index >= 15 is 0 Å². The van der Waals surface area contributed by atoms with Crippen LogP contribution in [0.1, 0.15) is 39.2 Å². The van der Waals surface area contributed by atoms with E-state index in [2.05, 4.69) is 25.7 Å². The molecule has 0 saturated carbocycles. The number of rotatable bonds is 5. The SMILES string of the molecule is CN=Cc1ccc(-n2nc3c(c2NC(=O)CS(C)(=O)=O)C(=O)N[C@@]2(CCc4cc(Cl)ccc42)C3)nc1. The summed E-state index contributed by atoms with van der Waals surface area (Å²) >= 11 is 6.18. The maximum absolute atomic E-state index is 13.5. The fourth-order valence-corrected chi connectivity index (χ4v) is 5.65. The number of nitrogens with zero attached hydrogens (tertiary/aromatic N) is 4. The van der Waals surface area contributed by atoms with Crippen LogP contribution >= 0.6 is 11.6 Å². The minimum Gasteiger partial charge on any atom is -0.342 e. The van der Waals surface area contributed by atoms with Crippen molar-refractivity contribution in [3.8, 4) is 5.82 Å². The summed E-state index contributed by atoms with van der Waals surface area (Å²) in [5.74, 6) is -1.48. The molecule has 0 fully saturated rings. The molecule has 0 bridgehead atoms. The number of nitrogens with one attached hydrogen (secondary N) is 2. The maximum atomic E-state index is 13.5. The van der Waals surface area contributed by atoms with E-state index in [1.807, 2.05) is 12.1 Å². The van der Waals surface area contributed by atoms with Gasteiger partial charge in [-0.3, -0.25) is 14.6 Å². The van der Waals surface area contributed by atoms with Gasteiger partial charge in [-0.2, -0.15) is 9.78 Å². The second-order valence-corrected chi connectivity index (χ2v) is 11.6. The third kappa shape index (κ3) is 4.40. The quantitative estimate of drug-likeness (QED) is 0.489. The first kappa shape index (κ1) is 24.1. The summed E-state index contributed by atoms with van der Waals surface area (Å²) < 4.78 is 24.8. The van der Waals surface area contributed by atoms with E-state index in [-0.39, 0.29) is 11.4 Å². The summed E-state index contributed by atoms with van der Waals surface area (Å²) in [6, 6.07) is 9.10. The van der Waals surface area contributed by atoms with Crippen LogP contribution < -0.4 is 10.6 Å². The molecule has 1 aromatic carbocycles. The lowest BCUT2D eigenvalue weighted by Crippen LogP contribution is -2.49. The summed E-state index contributed by atoms with van der Waals surface area (Å²) in [5, 5.41) is 11.0. The Balaban J connectivity index is 1.60. The number of aromatic nitrogens is 3. The monoisotopic (exact) mass is 526 g/mol. The first-order valence-electron chi connectivity index (χ1n) is 11.2. The molecule has 1 aliphatic carbocycles. The molecule has 5 rings (SSSR count). The highest BCUT2D eigenvalue weighted by atomic mass is 35.5. The van der Waals surface area contributed by atoms with E-state index in [0.717, 1.165) is 29.4 Å². The van der Waals surface area contributed by atoms with Crippen LogP contribution in [-0.4, -0.2) is 60.3 Å². The van der Waals surface area contributed by atoms with Crippen molar-refractivity contribution < 1.29 is 18.0 Å². The molecular weight excluding hydrogens is 504 g/mol. The molecule has 12 heteroatoms. The lowest BCUT2D eigenvalue weighted by Gasteiger charge is -2.35. The molecule has 3 aromatic rings. The average Bonchev–Trinajstić information content (AvgIpc) is 3.31. The smallest absolute Gasteiger partial charge is 0.257 e. The number of fused-ring (bicyclic) bond motifs is 3. The van der Waals surface area contributed by atoms with Crippen LogP contribution in [-0.2, 0) is 33.0 Å². The van der Waals surface area contributed by atoms with Crippen molar-refractivity contribution in [1.82, 2.24) is 20.1 Å². The fourth-order valence-electron chi connectivity index (χ4n) is 4.90. The highest BCUT2D eigenvalue weighted by Gasteiger charge is 2.46. The van der Waals surface area contributed by atoms with Gasteiger partial charge in [-0.25, -0.2) is 13.4 Å². The number of halogens is 1. The average molecular weight is 527 g/mol. The Bertz CT molecular complexity index is 1530. The molecule has 1 atom stereocenters. The number of amides is 2. The Morgan fingerprint density at radius 2 is 2.14 bits per heavy atom. The number of benzene rings is 1. The summed E-state index contributed by atoms with van der Waals surface area (Å²) in [7, 11) is -1.94. The lowest BCUT2D eigenvalue weighted by molar-refractivity contribution is -0.113. The van der Waals surface area contributed by atoms with Crippen molar-refractivity contribution in [2.75, 3.05) is 24.4 Å². The predicted molar refractivity (Wildman–Crippen MR) is 136 cm³/mol. The van der Waals surface area contributed by atoms with E-state index in [1.54, 1.807) is 37.7 Å². The first-order chi connectivity index (χ1) is 17.1. The van der Waals surface area contributed by atoms with Crippen LogP contribution in [0.5, 0.6) is 0 Å². The van der Waals surface area contributed by atoms with Crippen LogP contribution in [0.25, 0.3) is 5.82 Å². The number of pyridine rings is 1. The van der Waals surface area contributed by atoms with Gasteiger partial charge in [0.25, 0.3) is 5.91 Å². The van der Waals surface area contributed by atoms with Crippen molar-refractivity contribution in [3.05, 3.63) is 69.5 Å². The topological polar surface area (TPSA) is 135 Å². The maximum Gasteiger partial charge on any atom is 0.257 e. The lowest BCUT2D eigenvalue weighted by atomic mass is 9.83. The van der Waals surface area contributed by atoms with E-state index in [9.17, 15) is 18.0 Å². The van der Waals surface area contributed by atoms with Crippen LogP contribution in [0.4, 0.5) is 5.82 Å². The van der Waals surface area contributed by atoms with E-state index in [0.29, 0.717) is 29.4 Å². The van der Waals surface area contributed by atoms with Crippen molar-refractivity contribution in [1.29, 1.82) is 0 Å². The van der Waals surface area contributed by atoms with E-state index in [4.69, 9.17) is 11.6 Å². The van der Waals surface area contributed by atoms with Gasteiger partial charge in [0.15, 0.2) is 21.5 Å². The van der Waals surface area contributed by atoms with Crippen LogP contribution in [0.3, 0.4) is 0 Å². The minimum atomic E-state index is -3.59. The minimum absolute atomic E-state index is 0.0738. The molecule has 2 aliphatic rings. The Morgan fingerprint density at radius 3 is 2.83 bits per heavy atom. The molecule has 36 heavy (non-hydrogen) atoms. The number of aliphatic imine (C=N–C) groups is 1. The summed E-state index contributed by atoms with van der Waals surface area (Å²) in [5.41, 5.74) is 2.85. The predicted octanol–water partition coefficient (Wildman–Crippen LogP) is 2.08. The summed E-state index contributed by atoms with van der Waals surface area (Å²) in [4.78, 5) is 34.4. The molecule has 0 saturated heterocycles. The highest BCUT2D eigenvalue weighted by molar-refractivity contribution is 7.91. The molecule has 2 aromatic heterocycles. The molecule has 3 heterocycles. The summed E-state index contributed by atoms with van der Waals surface area (Å²) in [6.45, 7) is 0. The Hall–Kier alpha value is -3.57. The third-order valence-electron chi connectivity index (χ3n) is 6.33. The van der Waals surface area contributed by atoms with Crippen molar-refractivity contribution in [3.63, 3.8) is 0 Å². The molecule has 1 aliphatic heterocycles. The van der Waals surface area contributed by atoms with Crippen LogP contribution in [0, 0.1) is 0 Å². The Kier molecular flexibility index (Phi) is 5.92. The van der Waals surface area contributed by atoms with Gasteiger partial charge in [-0.15, -0.1) is 0 Å². The summed E-state index contributed by atoms with van der Waals surface area (Å²) in [6.07, 6.45) is 6.02. The van der Waals surface area contributed by atoms with Gasteiger partial charge < -0.3 is 10.6 Å². The van der Waals surface area contributed by atoms with Gasteiger partial charge in [0.2, 0.25) is 5.91 Å². The number of aryl methyl sites for hydroxylation is 1. The highest BCUT2D eigenvalue weighted by Crippen LogP contribution is 2.44. The Morgan fingerprint density at radius 1 is 1.33 bits per heavy atom. The number of carbonyl (C=O) groups is 2. The first-order valence-corrected chi connectivity index (χ1v) is 13.6. The largest absolute Gasteiger partial charge is 0.342 e. The van der Waals surface area contributed by atoms with Gasteiger partial charge in [0.05, 0.1) is 11.2 Å². The van der Waals surface area contributed by atoms with Crippen molar-refractivity contribution >= 4 is 45.3 Å². The van der Waals surface area contributed by atoms with Crippen LogP contribution in [0.15, 0.2) is 41.5 Å². The molecular formula is C24H23ClN6O4S. The molecule has 0 radical (unpaired) electrons. The van der Waals surface area contributed by atoms with Gasteiger partial charge >= 0.3 is 0 Å². The number of anilines is 1. The van der Waals surface area contributed by atoms with E-state index < -0.39 is 32.9 Å². The number of hydrogen-bond donors (Lipinski definition) is 2. The zero-order valence-electron chi connectivity index (χ0n) is 19.6. The van der Waals surface area contributed by atoms with E-state index in [1.165, 1.54) is 4.68 Å². The molecule has 0 unspecified atom stereocenters.